The third-order valence-corrected chi connectivity index (χ3v) is 3.68. The first-order valence-electron chi connectivity index (χ1n) is 6.97. The maximum atomic E-state index is 12.2. The van der Waals surface area contributed by atoms with E-state index in [0.29, 0.717) is 17.7 Å². The van der Waals surface area contributed by atoms with Crippen LogP contribution < -0.4 is 10.6 Å². The van der Waals surface area contributed by atoms with Crippen molar-refractivity contribution in [1.29, 1.82) is 0 Å². The fourth-order valence-corrected chi connectivity index (χ4v) is 2.39. The number of nitrogens with one attached hydrogen (secondary N) is 2. The third-order valence-electron chi connectivity index (χ3n) is 3.19. The van der Waals surface area contributed by atoms with Crippen LogP contribution in [0.2, 0.25) is 0 Å². The van der Waals surface area contributed by atoms with Gasteiger partial charge >= 0.3 is 0 Å². The average Bonchev–Trinajstić information content (AvgIpc) is 2.50. The predicted molar refractivity (Wildman–Crippen MR) is 92.2 cm³/mol. The van der Waals surface area contributed by atoms with Crippen LogP contribution in [0.15, 0.2) is 46.9 Å². The summed E-state index contributed by atoms with van der Waals surface area (Å²) >= 11 is 3.39. The molecule has 0 atom stereocenters. The van der Waals surface area contributed by atoms with E-state index in [0.717, 1.165) is 15.7 Å². The van der Waals surface area contributed by atoms with Gasteiger partial charge in [-0.15, -0.1) is 0 Å². The summed E-state index contributed by atoms with van der Waals surface area (Å²) in [6.45, 7) is 3.72. The van der Waals surface area contributed by atoms with Gasteiger partial charge in [0.15, 0.2) is 0 Å². The van der Waals surface area contributed by atoms with Crippen molar-refractivity contribution >= 4 is 39.1 Å². The Hall–Kier alpha value is -2.14. The Labute approximate surface area is 138 Å². The monoisotopic (exact) mass is 360 g/mol. The molecule has 22 heavy (non-hydrogen) atoms. The van der Waals surface area contributed by atoms with E-state index in [9.17, 15) is 9.59 Å². The van der Waals surface area contributed by atoms with Crippen LogP contribution in [-0.2, 0) is 4.79 Å². The summed E-state index contributed by atoms with van der Waals surface area (Å²) in [7, 11) is 0. The molecule has 2 aromatic rings. The van der Waals surface area contributed by atoms with Gasteiger partial charge in [-0.2, -0.15) is 0 Å². The van der Waals surface area contributed by atoms with Gasteiger partial charge in [-0.1, -0.05) is 22.9 Å². The molecule has 4 nitrogen and oxygen atoms in total. The number of anilines is 2. The molecule has 5 heteroatoms. The van der Waals surface area contributed by atoms with Crippen molar-refractivity contribution in [3.05, 3.63) is 58.1 Å². The highest BCUT2D eigenvalue weighted by molar-refractivity contribution is 9.10. The van der Waals surface area contributed by atoms with Crippen LogP contribution in [0.4, 0.5) is 11.4 Å². The Morgan fingerprint density at radius 3 is 2.32 bits per heavy atom. The fraction of sp³-hybridized carbons (Fsp3) is 0.176. The molecule has 2 amide bonds. The van der Waals surface area contributed by atoms with Crippen molar-refractivity contribution in [3.8, 4) is 0 Å². The summed E-state index contributed by atoms with van der Waals surface area (Å²) in [5.74, 6) is -0.235. The first-order valence-corrected chi connectivity index (χ1v) is 7.76. The Kier molecular flexibility index (Phi) is 5.33. The molecule has 0 bridgehead atoms. The molecule has 2 N–H and O–H groups in total. The summed E-state index contributed by atoms with van der Waals surface area (Å²) in [5, 5.41) is 5.62. The molecule has 2 rings (SSSR count). The summed E-state index contributed by atoms with van der Waals surface area (Å²) in [6, 6.07) is 12.5. The molecule has 0 aliphatic heterocycles. The molecular formula is C17H17BrN2O2. The Morgan fingerprint density at radius 2 is 1.73 bits per heavy atom. The maximum Gasteiger partial charge on any atom is 0.255 e. The van der Waals surface area contributed by atoms with Crippen LogP contribution in [-0.4, -0.2) is 11.8 Å². The molecule has 114 valence electrons. The maximum absolute atomic E-state index is 12.2. The molecule has 0 unspecified atom stereocenters. The highest BCUT2D eigenvalue weighted by Crippen LogP contribution is 2.21. The van der Waals surface area contributed by atoms with Gasteiger partial charge in [0.05, 0.1) is 0 Å². The van der Waals surface area contributed by atoms with Crippen molar-refractivity contribution < 1.29 is 9.59 Å². The van der Waals surface area contributed by atoms with Gasteiger partial charge in [0.25, 0.3) is 5.91 Å². The van der Waals surface area contributed by atoms with E-state index in [1.807, 2.05) is 25.1 Å². The highest BCUT2D eigenvalue weighted by atomic mass is 79.9. The van der Waals surface area contributed by atoms with Crippen molar-refractivity contribution in [2.75, 3.05) is 10.6 Å². The SMILES string of the molecule is CCC(=O)Nc1ccc(C(=O)Nc2ccc(Br)cc2C)cc1. The van der Waals surface area contributed by atoms with Gasteiger partial charge in [0, 0.05) is 27.8 Å². The minimum absolute atomic E-state index is 0.0531. The summed E-state index contributed by atoms with van der Waals surface area (Å²) in [6.07, 6.45) is 0.422. The van der Waals surface area contributed by atoms with Crippen LogP contribution in [0.1, 0.15) is 29.3 Å². The molecule has 0 aliphatic carbocycles. The van der Waals surface area contributed by atoms with Gasteiger partial charge in [-0.3, -0.25) is 9.59 Å². The lowest BCUT2D eigenvalue weighted by Gasteiger charge is -2.09. The van der Waals surface area contributed by atoms with Gasteiger partial charge in [0.2, 0.25) is 5.91 Å². The van der Waals surface area contributed by atoms with E-state index in [1.165, 1.54) is 0 Å². The van der Waals surface area contributed by atoms with Crippen LogP contribution >= 0.6 is 15.9 Å². The summed E-state index contributed by atoms with van der Waals surface area (Å²) in [4.78, 5) is 23.5. The normalized spacial score (nSPS) is 10.1. The number of amides is 2. The van der Waals surface area contributed by atoms with Crippen LogP contribution in [0, 0.1) is 6.92 Å². The first kappa shape index (κ1) is 16.2. The Bertz CT molecular complexity index is 696. The van der Waals surface area contributed by atoms with Crippen molar-refractivity contribution in [1.82, 2.24) is 0 Å². The van der Waals surface area contributed by atoms with E-state index < -0.39 is 0 Å². The number of hydrogen-bond acceptors (Lipinski definition) is 2. The number of halogens is 1. The van der Waals surface area contributed by atoms with Crippen molar-refractivity contribution in [3.63, 3.8) is 0 Å². The van der Waals surface area contributed by atoms with E-state index >= 15 is 0 Å². The largest absolute Gasteiger partial charge is 0.326 e. The minimum atomic E-state index is -0.182. The molecule has 0 fully saturated rings. The van der Waals surface area contributed by atoms with Gasteiger partial charge in [-0.25, -0.2) is 0 Å². The number of hydrogen-bond donors (Lipinski definition) is 2. The fourth-order valence-electron chi connectivity index (χ4n) is 1.92. The van der Waals surface area contributed by atoms with Crippen molar-refractivity contribution in [2.45, 2.75) is 20.3 Å². The zero-order valence-electron chi connectivity index (χ0n) is 12.4. The van der Waals surface area contributed by atoms with Crippen LogP contribution in [0.3, 0.4) is 0 Å². The van der Waals surface area contributed by atoms with E-state index in [-0.39, 0.29) is 11.8 Å². The number of rotatable bonds is 4. The molecule has 0 aromatic heterocycles. The summed E-state index contributed by atoms with van der Waals surface area (Å²) in [5.41, 5.74) is 2.98. The van der Waals surface area contributed by atoms with E-state index in [2.05, 4.69) is 26.6 Å². The average molecular weight is 361 g/mol. The molecule has 0 spiro atoms. The molecular weight excluding hydrogens is 344 g/mol. The number of benzene rings is 2. The minimum Gasteiger partial charge on any atom is -0.326 e. The van der Waals surface area contributed by atoms with Gasteiger partial charge in [0.1, 0.15) is 0 Å². The lowest BCUT2D eigenvalue weighted by molar-refractivity contribution is -0.115. The third kappa shape index (κ3) is 4.18. The molecule has 0 saturated carbocycles. The predicted octanol–water partition coefficient (Wildman–Crippen LogP) is 4.36. The van der Waals surface area contributed by atoms with Crippen LogP contribution in [0.25, 0.3) is 0 Å². The molecule has 0 heterocycles. The van der Waals surface area contributed by atoms with Gasteiger partial charge in [-0.05, 0) is 55.0 Å². The second-order valence-corrected chi connectivity index (χ2v) is 5.81. The topological polar surface area (TPSA) is 58.2 Å². The van der Waals surface area contributed by atoms with E-state index in [1.54, 1.807) is 31.2 Å². The molecule has 0 radical (unpaired) electrons. The molecule has 2 aromatic carbocycles. The number of carbonyl (C=O) groups excluding carboxylic acids is 2. The van der Waals surface area contributed by atoms with Gasteiger partial charge < -0.3 is 10.6 Å². The van der Waals surface area contributed by atoms with Crippen LogP contribution in [0.5, 0.6) is 0 Å². The Balaban J connectivity index is 2.08. The second-order valence-electron chi connectivity index (χ2n) is 4.89. The zero-order valence-corrected chi connectivity index (χ0v) is 14.0. The molecule has 0 aliphatic rings. The smallest absolute Gasteiger partial charge is 0.255 e. The lowest BCUT2D eigenvalue weighted by Crippen LogP contribution is -2.13. The highest BCUT2D eigenvalue weighted by Gasteiger charge is 2.08. The lowest BCUT2D eigenvalue weighted by atomic mass is 10.1. The quantitative estimate of drug-likeness (QED) is 0.850. The standard InChI is InChI=1S/C17H17BrN2O2/c1-3-16(21)19-14-7-4-12(5-8-14)17(22)20-15-9-6-13(18)10-11(15)2/h4-10H,3H2,1-2H3,(H,19,21)(H,20,22). The van der Waals surface area contributed by atoms with Crippen molar-refractivity contribution in [2.24, 2.45) is 0 Å². The number of carbonyl (C=O) groups is 2. The Morgan fingerprint density at radius 1 is 1.05 bits per heavy atom. The first-order chi connectivity index (χ1) is 10.5. The summed E-state index contributed by atoms with van der Waals surface area (Å²) < 4.78 is 0.971. The zero-order chi connectivity index (χ0) is 16.1. The number of aryl methyl sites for hydroxylation is 1. The van der Waals surface area contributed by atoms with E-state index in [4.69, 9.17) is 0 Å². The second kappa shape index (κ2) is 7.22. The molecule has 0 saturated heterocycles.